The summed E-state index contributed by atoms with van der Waals surface area (Å²) in [6.45, 7) is 1.52. The predicted octanol–water partition coefficient (Wildman–Crippen LogP) is 1.46. The molecule has 2 rings (SSSR count). The van der Waals surface area contributed by atoms with Crippen LogP contribution in [0.5, 0.6) is 0 Å². The largest absolute Gasteiger partial charge is 0.398 e. The summed E-state index contributed by atoms with van der Waals surface area (Å²) in [6, 6.07) is 4.80. The van der Waals surface area contributed by atoms with Gasteiger partial charge in [-0.1, -0.05) is 11.6 Å². The zero-order valence-electron chi connectivity index (χ0n) is 10.7. The predicted molar refractivity (Wildman–Crippen MR) is 73.4 cm³/mol. The number of benzene rings is 1. The molecule has 5 nitrogen and oxygen atoms in total. The molecule has 1 fully saturated rings. The quantitative estimate of drug-likeness (QED) is 0.821. The lowest BCUT2D eigenvalue weighted by Gasteiger charge is -2.26. The highest BCUT2D eigenvalue weighted by molar-refractivity contribution is 6.31. The zero-order valence-corrected chi connectivity index (χ0v) is 11.5. The topological polar surface area (TPSA) is 73.6 Å². The van der Waals surface area contributed by atoms with Crippen molar-refractivity contribution in [1.82, 2.24) is 5.32 Å². The van der Waals surface area contributed by atoms with Gasteiger partial charge in [-0.05, 0) is 18.2 Å². The average molecular weight is 285 g/mol. The van der Waals surface area contributed by atoms with Gasteiger partial charge in [0.2, 0.25) is 0 Å². The van der Waals surface area contributed by atoms with E-state index in [1.54, 1.807) is 25.3 Å². The van der Waals surface area contributed by atoms with Crippen molar-refractivity contribution in [2.45, 2.75) is 12.0 Å². The van der Waals surface area contributed by atoms with Gasteiger partial charge in [0.25, 0.3) is 5.91 Å². The lowest BCUT2D eigenvalue weighted by molar-refractivity contribution is -0.0148. The summed E-state index contributed by atoms with van der Waals surface area (Å²) in [4.78, 5) is 12.1. The van der Waals surface area contributed by atoms with Crippen molar-refractivity contribution in [1.29, 1.82) is 0 Å². The second-order valence-corrected chi connectivity index (χ2v) is 5.04. The fourth-order valence-electron chi connectivity index (χ4n) is 2.04. The van der Waals surface area contributed by atoms with Crippen molar-refractivity contribution in [3.05, 3.63) is 28.8 Å². The van der Waals surface area contributed by atoms with E-state index in [2.05, 4.69) is 5.32 Å². The number of halogens is 1. The Hall–Kier alpha value is -1.30. The average Bonchev–Trinajstić information content (AvgIpc) is 2.85. The molecule has 1 saturated heterocycles. The minimum absolute atomic E-state index is 0.238. The van der Waals surface area contributed by atoms with Crippen LogP contribution in [0.15, 0.2) is 18.2 Å². The first-order chi connectivity index (χ1) is 9.06. The Morgan fingerprint density at radius 2 is 2.42 bits per heavy atom. The molecular weight excluding hydrogens is 268 g/mol. The van der Waals surface area contributed by atoms with E-state index in [0.717, 1.165) is 6.42 Å². The number of ether oxygens (including phenoxy) is 2. The zero-order chi connectivity index (χ0) is 13.9. The number of carbonyl (C=O) groups excluding carboxylic acids is 1. The third kappa shape index (κ3) is 3.18. The molecule has 1 atom stereocenters. The summed E-state index contributed by atoms with van der Waals surface area (Å²) in [6.07, 6.45) is 0.764. The minimum Gasteiger partial charge on any atom is -0.398 e. The summed E-state index contributed by atoms with van der Waals surface area (Å²) >= 11 is 5.80. The maximum Gasteiger partial charge on any atom is 0.253 e. The highest BCUT2D eigenvalue weighted by Gasteiger charge is 2.35. The number of nitrogen functional groups attached to an aromatic ring is 1. The van der Waals surface area contributed by atoms with Crippen molar-refractivity contribution in [3.8, 4) is 0 Å². The first-order valence-electron chi connectivity index (χ1n) is 6.02. The standard InChI is InChI=1S/C13H17ClN2O3/c1-18-13(4-5-19-8-13)7-16-12(17)10-3-2-9(14)6-11(10)15/h2-3,6H,4-5,7-8,15H2,1H3,(H,16,17). The number of anilines is 1. The van der Waals surface area contributed by atoms with E-state index in [0.29, 0.717) is 36.0 Å². The molecule has 1 aromatic rings. The number of carbonyl (C=O) groups is 1. The van der Waals surface area contributed by atoms with Crippen LogP contribution in [0.1, 0.15) is 16.8 Å². The van der Waals surface area contributed by atoms with Gasteiger partial charge in [0, 0.05) is 37.4 Å². The highest BCUT2D eigenvalue weighted by Crippen LogP contribution is 2.22. The van der Waals surface area contributed by atoms with Crippen LogP contribution >= 0.6 is 11.6 Å². The second kappa shape index (κ2) is 5.77. The molecule has 0 saturated carbocycles. The number of hydrogen-bond acceptors (Lipinski definition) is 4. The Bertz CT molecular complexity index is 473. The fourth-order valence-corrected chi connectivity index (χ4v) is 2.22. The van der Waals surface area contributed by atoms with Gasteiger partial charge in [-0.3, -0.25) is 4.79 Å². The molecule has 0 aromatic heterocycles. The van der Waals surface area contributed by atoms with E-state index in [1.165, 1.54) is 0 Å². The Labute approximate surface area is 117 Å². The molecule has 1 aromatic carbocycles. The summed E-state index contributed by atoms with van der Waals surface area (Å²) in [5.74, 6) is -0.238. The molecule has 3 N–H and O–H groups in total. The van der Waals surface area contributed by atoms with Crippen LogP contribution in [0.2, 0.25) is 5.02 Å². The molecule has 6 heteroatoms. The molecule has 0 aliphatic carbocycles. The van der Waals surface area contributed by atoms with Gasteiger partial charge in [0.05, 0.1) is 12.2 Å². The van der Waals surface area contributed by atoms with E-state index in [1.807, 2.05) is 0 Å². The molecule has 19 heavy (non-hydrogen) atoms. The number of nitrogens with one attached hydrogen (secondary N) is 1. The molecule has 1 aliphatic rings. The number of methoxy groups -OCH3 is 1. The van der Waals surface area contributed by atoms with Gasteiger partial charge in [-0.2, -0.15) is 0 Å². The van der Waals surface area contributed by atoms with Gasteiger partial charge in [0.1, 0.15) is 5.60 Å². The Kier molecular flexibility index (Phi) is 4.29. The molecule has 0 radical (unpaired) electrons. The van der Waals surface area contributed by atoms with Crippen LogP contribution in [-0.2, 0) is 9.47 Å². The minimum atomic E-state index is -0.434. The molecule has 104 valence electrons. The molecule has 1 aliphatic heterocycles. The normalized spacial score (nSPS) is 22.4. The van der Waals surface area contributed by atoms with Crippen molar-refractivity contribution in [3.63, 3.8) is 0 Å². The van der Waals surface area contributed by atoms with Gasteiger partial charge in [-0.15, -0.1) is 0 Å². The second-order valence-electron chi connectivity index (χ2n) is 4.60. The molecule has 0 bridgehead atoms. The van der Waals surface area contributed by atoms with Crippen molar-refractivity contribution in [2.24, 2.45) is 0 Å². The summed E-state index contributed by atoms with van der Waals surface area (Å²) in [5, 5.41) is 3.33. The molecular formula is C13H17ClN2O3. The van der Waals surface area contributed by atoms with Crippen LogP contribution in [0.25, 0.3) is 0 Å². The van der Waals surface area contributed by atoms with E-state index in [4.69, 9.17) is 26.8 Å². The maximum absolute atomic E-state index is 12.1. The third-order valence-electron chi connectivity index (χ3n) is 3.33. The third-order valence-corrected chi connectivity index (χ3v) is 3.56. The van der Waals surface area contributed by atoms with Crippen LogP contribution in [0.4, 0.5) is 5.69 Å². The van der Waals surface area contributed by atoms with Gasteiger partial charge in [0.15, 0.2) is 0 Å². The van der Waals surface area contributed by atoms with Gasteiger partial charge < -0.3 is 20.5 Å². The lowest BCUT2D eigenvalue weighted by atomic mass is 10.0. The van der Waals surface area contributed by atoms with Gasteiger partial charge in [-0.25, -0.2) is 0 Å². The monoisotopic (exact) mass is 284 g/mol. The molecule has 1 amide bonds. The smallest absolute Gasteiger partial charge is 0.253 e. The first kappa shape index (κ1) is 14.1. The van der Waals surface area contributed by atoms with E-state index in [-0.39, 0.29) is 5.91 Å². The van der Waals surface area contributed by atoms with Gasteiger partial charge >= 0.3 is 0 Å². The van der Waals surface area contributed by atoms with Crippen LogP contribution in [0.3, 0.4) is 0 Å². The SMILES string of the molecule is COC1(CNC(=O)c2ccc(Cl)cc2N)CCOC1. The number of nitrogens with two attached hydrogens (primary N) is 1. The van der Waals surface area contributed by atoms with E-state index in [9.17, 15) is 4.79 Å². The summed E-state index contributed by atoms with van der Waals surface area (Å²) < 4.78 is 10.8. The van der Waals surface area contributed by atoms with Crippen LogP contribution in [-0.4, -0.2) is 38.4 Å². The summed E-state index contributed by atoms with van der Waals surface area (Å²) in [5.41, 5.74) is 6.11. The van der Waals surface area contributed by atoms with Crippen LogP contribution < -0.4 is 11.1 Å². The van der Waals surface area contributed by atoms with Crippen molar-refractivity contribution < 1.29 is 14.3 Å². The number of rotatable bonds is 4. The van der Waals surface area contributed by atoms with E-state index >= 15 is 0 Å². The number of amides is 1. The Balaban J connectivity index is 2.01. The molecule has 0 spiro atoms. The maximum atomic E-state index is 12.1. The molecule has 1 unspecified atom stereocenters. The summed E-state index contributed by atoms with van der Waals surface area (Å²) in [7, 11) is 1.62. The Morgan fingerprint density at radius 3 is 3.00 bits per heavy atom. The molecule has 1 heterocycles. The van der Waals surface area contributed by atoms with E-state index < -0.39 is 5.60 Å². The number of hydrogen-bond donors (Lipinski definition) is 2. The van der Waals surface area contributed by atoms with Crippen molar-refractivity contribution >= 4 is 23.2 Å². The fraction of sp³-hybridized carbons (Fsp3) is 0.462. The first-order valence-corrected chi connectivity index (χ1v) is 6.40. The lowest BCUT2D eigenvalue weighted by Crippen LogP contribution is -2.45. The van der Waals surface area contributed by atoms with Crippen molar-refractivity contribution in [2.75, 3.05) is 32.6 Å². The highest BCUT2D eigenvalue weighted by atomic mass is 35.5. The van der Waals surface area contributed by atoms with Crippen LogP contribution in [0, 0.1) is 0 Å². The Morgan fingerprint density at radius 1 is 1.63 bits per heavy atom.